The SMILES string of the molecule is O=C(C1CC1)N1CCCN(c2cnn(-c3ccc(Cl)cc3Cl)c(=O)c2Cl)CC1. The van der Waals surface area contributed by atoms with Gasteiger partial charge in [0.25, 0.3) is 5.56 Å². The van der Waals surface area contributed by atoms with Gasteiger partial charge in [-0.15, -0.1) is 0 Å². The van der Waals surface area contributed by atoms with Crippen LogP contribution in [-0.4, -0.2) is 46.8 Å². The molecule has 1 aliphatic heterocycles. The monoisotopic (exact) mass is 440 g/mol. The second-order valence-electron chi connectivity index (χ2n) is 7.10. The maximum Gasteiger partial charge on any atom is 0.292 e. The van der Waals surface area contributed by atoms with E-state index in [4.69, 9.17) is 34.8 Å². The van der Waals surface area contributed by atoms with Crippen molar-refractivity contribution < 1.29 is 4.79 Å². The molecular formula is C19H19Cl3N4O2. The molecule has 2 heterocycles. The summed E-state index contributed by atoms with van der Waals surface area (Å²) in [6.45, 7) is 2.68. The van der Waals surface area contributed by atoms with Crippen molar-refractivity contribution in [3.8, 4) is 5.69 Å². The van der Waals surface area contributed by atoms with E-state index < -0.39 is 5.56 Å². The number of amides is 1. The van der Waals surface area contributed by atoms with E-state index in [0.29, 0.717) is 41.1 Å². The van der Waals surface area contributed by atoms with Gasteiger partial charge < -0.3 is 9.80 Å². The van der Waals surface area contributed by atoms with Gasteiger partial charge in [-0.25, -0.2) is 0 Å². The number of carbonyl (C=O) groups is 1. The highest BCUT2D eigenvalue weighted by atomic mass is 35.5. The smallest absolute Gasteiger partial charge is 0.292 e. The second-order valence-corrected chi connectivity index (χ2v) is 8.32. The number of nitrogens with zero attached hydrogens (tertiary/aromatic N) is 4. The van der Waals surface area contributed by atoms with E-state index in [2.05, 4.69) is 5.10 Å². The lowest BCUT2D eigenvalue weighted by atomic mass is 10.3. The zero-order valence-electron chi connectivity index (χ0n) is 15.1. The maximum absolute atomic E-state index is 12.8. The van der Waals surface area contributed by atoms with Gasteiger partial charge in [0.05, 0.1) is 22.6 Å². The molecule has 1 amide bonds. The van der Waals surface area contributed by atoms with E-state index in [1.165, 1.54) is 4.68 Å². The number of hydrogen-bond donors (Lipinski definition) is 0. The molecule has 0 spiro atoms. The summed E-state index contributed by atoms with van der Waals surface area (Å²) in [6.07, 6.45) is 4.40. The van der Waals surface area contributed by atoms with Crippen molar-refractivity contribution >= 4 is 46.4 Å². The first-order valence-electron chi connectivity index (χ1n) is 9.22. The van der Waals surface area contributed by atoms with Crippen LogP contribution in [0.1, 0.15) is 19.3 Å². The average molecular weight is 442 g/mol. The van der Waals surface area contributed by atoms with Crippen LogP contribution in [0.4, 0.5) is 5.69 Å². The minimum absolute atomic E-state index is 0.0861. The molecule has 2 aromatic rings. The number of anilines is 1. The maximum atomic E-state index is 12.8. The van der Waals surface area contributed by atoms with Crippen molar-refractivity contribution in [2.24, 2.45) is 5.92 Å². The molecule has 148 valence electrons. The normalized spacial score (nSPS) is 17.5. The third-order valence-corrected chi connectivity index (χ3v) is 6.01. The predicted molar refractivity (Wildman–Crippen MR) is 111 cm³/mol. The van der Waals surface area contributed by atoms with E-state index >= 15 is 0 Å². The lowest BCUT2D eigenvalue weighted by Crippen LogP contribution is -2.36. The highest BCUT2D eigenvalue weighted by Crippen LogP contribution is 2.32. The summed E-state index contributed by atoms with van der Waals surface area (Å²) >= 11 is 18.5. The first kappa shape index (κ1) is 19.6. The summed E-state index contributed by atoms with van der Waals surface area (Å²) in [5.74, 6) is 0.462. The minimum atomic E-state index is -0.446. The molecule has 2 fully saturated rings. The summed E-state index contributed by atoms with van der Waals surface area (Å²) < 4.78 is 1.17. The standard InChI is InChI=1S/C19H19Cl3N4O2/c20-13-4-5-15(14(21)10-13)26-19(28)17(22)16(11-23-26)24-6-1-7-25(9-8-24)18(27)12-2-3-12/h4-5,10-12H,1-3,6-9H2. The van der Waals surface area contributed by atoms with Crippen LogP contribution in [0.25, 0.3) is 5.69 Å². The van der Waals surface area contributed by atoms with Crippen LogP contribution in [0.2, 0.25) is 15.1 Å². The molecule has 0 radical (unpaired) electrons. The molecule has 0 bridgehead atoms. The summed E-state index contributed by atoms with van der Waals surface area (Å²) in [7, 11) is 0. The van der Waals surface area contributed by atoms with Gasteiger partial charge in [-0.3, -0.25) is 9.59 Å². The number of aromatic nitrogens is 2. The Morgan fingerprint density at radius 1 is 1.04 bits per heavy atom. The van der Waals surface area contributed by atoms with Gasteiger partial charge in [0.15, 0.2) is 0 Å². The van der Waals surface area contributed by atoms with Gasteiger partial charge in [0.2, 0.25) is 5.91 Å². The Hall–Kier alpha value is -1.76. The molecule has 1 saturated heterocycles. The Balaban J connectivity index is 1.58. The van der Waals surface area contributed by atoms with E-state index in [1.807, 2.05) is 9.80 Å². The third kappa shape index (κ3) is 3.86. The Labute approximate surface area is 177 Å². The van der Waals surface area contributed by atoms with Crippen molar-refractivity contribution in [1.29, 1.82) is 0 Å². The highest BCUT2D eigenvalue weighted by molar-refractivity contribution is 6.36. The van der Waals surface area contributed by atoms with Crippen LogP contribution in [0.3, 0.4) is 0 Å². The summed E-state index contributed by atoms with van der Waals surface area (Å²) in [5, 5.41) is 5.14. The Bertz CT molecular complexity index is 974. The molecule has 6 nitrogen and oxygen atoms in total. The van der Waals surface area contributed by atoms with E-state index in [9.17, 15) is 9.59 Å². The van der Waals surface area contributed by atoms with Crippen LogP contribution >= 0.6 is 34.8 Å². The van der Waals surface area contributed by atoms with E-state index in [1.54, 1.807) is 24.4 Å². The van der Waals surface area contributed by atoms with Gasteiger partial charge in [-0.1, -0.05) is 34.8 Å². The largest absolute Gasteiger partial charge is 0.367 e. The molecule has 2 aliphatic rings. The van der Waals surface area contributed by atoms with Crippen LogP contribution in [0, 0.1) is 5.92 Å². The lowest BCUT2D eigenvalue weighted by molar-refractivity contribution is -0.132. The molecule has 28 heavy (non-hydrogen) atoms. The number of carbonyl (C=O) groups excluding carboxylic acids is 1. The fourth-order valence-corrected chi connectivity index (χ4v) is 4.17. The van der Waals surface area contributed by atoms with Gasteiger partial charge in [0.1, 0.15) is 5.02 Å². The Morgan fingerprint density at radius 2 is 1.82 bits per heavy atom. The molecule has 4 rings (SSSR count). The predicted octanol–water partition coefficient (Wildman–Crippen LogP) is 3.64. The minimum Gasteiger partial charge on any atom is -0.367 e. The number of rotatable bonds is 3. The highest BCUT2D eigenvalue weighted by Gasteiger charge is 2.34. The van der Waals surface area contributed by atoms with Crippen molar-refractivity contribution in [1.82, 2.24) is 14.7 Å². The Kier molecular flexibility index (Phi) is 5.54. The molecule has 0 N–H and O–H groups in total. The van der Waals surface area contributed by atoms with Crippen molar-refractivity contribution in [3.05, 3.63) is 49.8 Å². The summed E-state index contributed by atoms with van der Waals surface area (Å²) in [5.41, 5.74) is 0.550. The van der Waals surface area contributed by atoms with E-state index in [0.717, 1.165) is 25.8 Å². The fraction of sp³-hybridized carbons (Fsp3) is 0.421. The van der Waals surface area contributed by atoms with Crippen LogP contribution in [-0.2, 0) is 4.79 Å². The van der Waals surface area contributed by atoms with Crippen LogP contribution < -0.4 is 10.5 Å². The first-order valence-corrected chi connectivity index (χ1v) is 10.4. The molecule has 9 heteroatoms. The van der Waals surface area contributed by atoms with Crippen molar-refractivity contribution in [2.45, 2.75) is 19.3 Å². The molecule has 1 aliphatic carbocycles. The Morgan fingerprint density at radius 3 is 2.54 bits per heavy atom. The molecule has 1 saturated carbocycles. The van der Waals surface area contributed by atoms with E-state index in [-0.39, 0.29) is 16.8 Å². The molecule has 1 aromatic heterocycles. The summed E-state index contributed by atoms with van der Waals surface area (Å²) in [6, 6.07) is 4.82. The molecular weight excluding hydrogens is 423 g/mol. The first-order chi connectivity index (χ1) is 13.5. The van der Waals surface area contributed by atoms with Gasteiger partial charge >= 0.3 is 0 Å². The fourth-order valence-electron chi connectivity index (χ4n) is 3.44. The third-order valence-electron chi connectivity index (χ3n) is 5.11. The van der Waals surface area contributed by atoms with Crippen molar-refractivity contribution in [3.63, 3.8) is 0 Å². The van der Waals surface area contributed by atoms with Crippen molar-refractivity contribution in [2.75, 3.05) is 31.1 Å². The number of halogens is 3. The number of benzene rings is 1. The van der Waals surface area contributed by atoms with Gasteiger partial charge in [-0.2, -0.15) is 9.78 Å². The zero-order valence-corrected chi connectivity index (χ0v) is 17.3. The second kappa shape index (κ2) is 7.93. The van der Waals surface area contributed by atoms with Crippen LogP contribution in [0.15, 0.2) is 29.2 Å². The topological polar surface area (TPSA) is 58.4 Å². The lowest BCUT2D eigenvalue weighted by Gasteiger charge is -2.24. The van der Waals surface area contributed by atoms with Gasteiger partial charge in [0, 0.05) is 37.1 Å². The number of hydrogen-bond acceptors (Lipinski definition) is 4. The summed E-state index contributed by atoms with van der Waals surface area (Å²) in [4.78, 5) is 29.1. The molecule has 1 aromatic carbocycles. The van der Waals surface area contributed by atoms with Crippen LogP contribution in [0.5, 0.6) is 0 Å². The quantitative estimate of drug-likeness (QED) is 0.730. The molecule has 0 atom stereocenters. The molecule has 0 unspecified atom stereocenters. The van der Waals surface area contributed by atoms with Gasteiger partial charge in [-0.05, 0) is 37.5 Å². The zero-order chi connectivity index (χ0) is 19.8. The average Bonchev–Trinajstić information content (AvgIpc) is 3.51.